The number of nitrogens with two attached hydrogens (primary N) is 1. The number of nitrogens with zero attached hydrogens (tertiary/aromatic N) is 1. The fourth-order valence-corrected chi connectivity index (χ4v) is 3.05. The van der Waals surface area contributed by atoms with Gasteiger partial charge < -0.3 is 30.0 Å². The van der Waals surface area contributed by atoms with E-state index in [1.165, 1.54) is 11.3 Å². The largest absolute Gasteiger partial charge is 0.399 e. The molecule has 2 rings (SSSR count). The van der Waals surface area contributed by atoms with E-state index >= 15 is 0 Å². The number of aliphatic hydroxyl groups is 1. The molecule has 0 aromatic heterocycles. The van der Waals surface area contributed by atoms with Gasteiger partial charge in [-0.3, -0.25) is 0 Å². The van der Waals surface area contributed by atoms with Crippen LogP contribution in [0.15, 0.2) is 18.2 Å². The molecular formula is C19H32N2O4. The molecule has 0 unspecified atom stereocenters. The normalized spacial score (nSPS) is 16.0. The zero-order valence-electron chi connectivity index (χ0n) is 15.5. The van der Waals surface area contributed by atoms with E-state index in [2.05, 4.69) is 30.9 Å². The summed E-state index contributed by atoms with van der Waals surface area (Å²) in [6.45, 7) is 9.71. The fourth-order valence-electron chi connectivity index (χ4n) is 3.05. The molecule has 0 saturated carbocycles. The van der Waals surface area contributed by atoms with Crippen molar-refractivity contribution in [3.8, 4) is 0 Å². The lowest BCUT2D eigenvalue weighted by molar-refractivity contribution is 0.00869. The highest BCUT2D eigenvalue weighted by Crippen LogP contribution is 2.40. The summed E-state index contributed by atoms with van der Waals surface area (Å²) in [5.41, 5.74) is 9.56. The summed E-state index contributed by atoms with van der Waals surface area (Å²) in [6.07, 6.45) is 1.11. The molecule has 0 fully saturated rings. The number of hydrogen-bond donors (Lipinski definition) is 2. The highest BCUT2D eigenvalue weighted by Gasteiger charge is 2.30. The van der Waals surface area contributed by atoms with Crippen LogP contribution in [0.3, 0.4) is 0 Å². The maximum absolute atomic E-state index is 8.58. The second-order valence-electron chi connectivity index (χ2n) is 6.96. The number of hydrogen-bond acceptors (Lipinski definition) is 6. The number of fused-ring (bicyclic) bond motifs is 1. The SMILES string of the molecule is CC1(C)CCN(CCOCCOCCOCCO)c2ccc(N)cc21. The quantitative estimate of drug-likeness (QED) is 0.467. The van der Waals surface area contributed by atoms with Crippen molar-refractivity contribution >= 4 is 11.4 Å². The molecule has 1 aromatic rings. The molecule has 1 heterocycles. The van der Waals surface area contributed by atoms with Crippen LogP contribution in [0.5, 0.6) is 0 Å². The van der Waals surface area contributed by atoms with Gasteiger partial charge in [-0.2, -0.15) is 0 Å². The van der Waals surface area contributed by atoms with E-state index < -0.39 is 0 Å². The predicted molar refractivity (Wildman–Crippen MR) is 100 cm³/mol. The van der Waals surface area contributed by atoms with Gasteiger partial charge in [0.05, 0.1) is 46.2 Å². The summed E-state index contributed by atoms with van der Waals surface area (Å²) in [6, 6.07) is 6.21. The lowest BCUT2D eigenvalue weighted by Crippen LogP contribution is -2.39. The first-order valence-corrected chi connectivity index (χ1v) is 9.03. The van der Waals surface area contributed by atoms with Crippen LogP contribution in [-0.2, 0) is 19.6 Å². The molecule has 0 aliphatic carbocycles. The van der Waals surface area contributed by atoms with E-state index in [-0.39, 0.29) is 12.0 Å². The Labute approximate surface area is 150 Å². The molecule has 0 bridgehead atoms. The molecule has 1 aliphatic rings. The van der Waals surface area contributed by atoms with Crippen LogP contribution in [0.1, 0.15) is 25.8 Å². The van der Waals surface area contributed by atoms with Crippen LogP contribution in [0.4, 0.5) is 11.4 Å². The van der Waals surface area contributed by atoms with E-state index in [0.717, 1.165) is 25.2 Å². The highest BCUT2D eigenvalue weighted by atomic mass is 16.5. The molecule has 0 spiro atoms. The lowest BCUT2D eigenvalue weighted by atomic mass is 9.77. The Morgan fingerprint density at radius 2 is 1.68 bits per heavy atom. The van der Waals surface area contributed by atoms with Crippen LogP contribution < -0.4 is 10.6 Å². The van der Waals surface area contributed by atoms with E-state index in [0.29, 0.717) is 39.6 Å². The number of benzene rings is 1. The average molecular weight is 352 g/mol. The standard InChI is InChI=1S/C19H32N2O4/c1-19(2)5-6-21(18-4-3-16(20)15-17(18)19)7-9-23-11-13-25-14-12-24-10-8-22/h3-4,15,22H,5-14,20H2,1-2H3. The van der Waals surface area contributed by atoms with Gasteiger partial charge in [0.15, 0.2) is 0 Å². The average Bonchev–Trinajstić information content (AvgIpc) is 2.58. The third kappa shape index (κ3) is 6.15. The van der Waals surface area contributed by atoms with Crippen LogP contribution in [0.2, 0.25) is 0 Å². The maximum atomic E-state index is 8.58. The van der Waals surface area contributed by atoms with Crippen LogP contribution in [0.25, 0.3) is 0 Å². The third-order valence-corrected chi connectivity index (χ3v) is 4.58. The minimum absolute atomic E-state index is 0.0481. The molecule has 0 atom stereocenters. The van der Waals surface area contributed by atoms with E-state index in [4.69, 9.17) is 25.1 Å². The van der Waals surface area contributed by atoms with Crippen LogP contribution in [0, 0.1) is 0 Å². The predicted octanol–water partition coefficient (Wildman–Crippen LogP) is 1.80. The Morgan fingerprint density at radius 3 is 2.36 bits per heavy atom. The number of aliphatic hydroxyl groups excluding tert-OH is 1. The topological polar surface area (TPSA) is 77.2 Å². The Hall–Kier alpha value is -1.34. The van der Waals surface area contributed by atoms with Crippen LogP contribution >= 0.6 is 0 Å². The van der Waals surface area contributed by atoms with Gasteiger partial charge >= 0.3 is 0 Å². The monoisotopic (exact) mass is 352 g/mol. The Kier molecular flexibility index (Phi) is 7.96. The highest BCUT2D eigenvalue weighted by molar-refractivity contribution is 5.63. The zero-order valence-corrected chi connectivity index (χ0v) is 15.5. The van der Waals surface area contributed by atoms with Crippen molar-refractivity contribution in [1.29, 1.82) is 0 Å². The molecule has 0 saturated heterocycles. The molecular weight excluding hydrogens is 320 g/mol. The molecule has 3 N–H and O–H groups in total. The second kappa shape index (κ2) is 9.97. The summed E-state index contributed by atoms with van der Waals surface area (Å²) in [5.74, 6) is 0. The maximum Gasteiger partial charge on any atom is 0.0701 e. The molecule has 25 heavy (non-hydrogen) atoms. The summed E-state index contributed by atoms with van der Waals surface area (Å²) in [4.78, 5) is 2.38. The van der Waals surface area contributed by atoms with Crippen molar-refractivity contribution in [1.82, 2.24) is 0 Å². The summed E-state index contributed by atoms with van der Waals surface area (Å²) >= 11 is 0. The first-order valence-electron chi connectivity index (χ1n) is 9.03. The van der Waals surface area contributed by atoms with Crippen molar-refractivity contribution in [2.75, 3.05) is 70.0 Å². The summed E-state index contributed by atoms with van der Waals surface area (Å²) < 4.78 is 16.2. The van der Waals surface area contributed by atoms with Crippen molar-refractivity contribution in [3.05, 3.63) is 23.8 Å². The van der Waals surface area contributed by atoms with Gasteiger partial charge in [0.25, 0.3) is 0 Å². The Bertz CT molecular complexity index is 522. The van der Waals surface area contributed by atoms with Gasteiger partial charge in [0, 0.05) is 24.5 Å². The molecule has 1 aliphatic heterocycles. The van der Waals surface area contributed by atoms with E-state index in [1.807, 2.05) is 6.07 Å². The van der Waals surface area contributed by atoms with Crippen molar-refractivity contribution in [2.24, 2.45) is 0 Å². The number of rotatable bonds is 11. The number of anilines is 2. The van der Waals surface area contributed by atoms with Crippen molar-refractivity contribution < 1.29 is 19.3 Å². The first kappa shape index (κ1) is 20.0. The third-order valence-electron chi connectivity index (χ3n) is 4.58. The van der Waals surface area contributed by atoms with Gasteiger partial charge in [-0.25, -0.2) is 0 Å². The minimum Gasteiger partial charge on any atom is -0.399 e. The Balaban J connectivity index is 1.67. The van der Waals surface area contributed by atoms with Gasteiger partial charge in [-0.1, -0.05) is 13.8 Å². The number of ether oxygens (including phenoxy) is 3. The first-order chi connectivity index (χ1) is 12.0. The fraction of sp³-hybridized carbons (Fsp3) is 0.684. The molecule has 6 nitrogen and oxygen atoms in total. The summed E-state index contributed by atoms with van der Waals surface area (Å²) in [7, 11) is 0. The smallest absolute Gasteiger partial charge is 0.0701 e. The molecule has 0 amide bonds. The van der Waals surface area contributed by atoms with Gasteiger partial charge in [0.1, 0.15) is 0 Å². The molecule has 0 radical (unpaired) electrons. The second-order valence-corrected chi connectivity index (χ2v) is 6.96. The molecule has 6 heteroatoms. The molecule has 142 valence electrons. The molecule has 1 aromatic carbocycles. The lowest BCUT2D eigenvalue weighted by Gasteiger charge is -2.40. The minimum atomic E-state index is 0.0481. The van der Waals surface area contributed by atoms with E-state index in [1.54, 1.807) is 0 Å². The van der Waals surface area contributed by atoms with Crippen molar-refractivity contribution in [3.63, 3.8) is 0 Å². The zero-order chi connectivity index (χ0) is 18.1. The van der Waals surface area contributed by atoms with Crippen molar-refractivity contribution in [2.45, 2.75) is 25.7 Å². The van der Waals surface area contributed by atoms with E-state index in [9.17, 15) is 0 Å². The van der Waals surface area contributed by atoms with Gasteiger partial charge in [-0.05, 0) is 35.6 Å². The van der Waals surface area contributed by atoms with Gasteiger partial charge in [0.2, 0.25) is 0 Å². The number of nitrogen functional groups attached to an aromatic ring is 1. The van der Waals surface area contributed by atoms with Crippen LogP contribution in [-0.4, -0.2) is 64.4 Å². The summed E-state index contributed by atoms with van der Waals surface area (Å²) in [5, 5.41) is 8.58. The Morgan fingerprint density at radius 1 is 1.04 bits per heavy atom. The van der Waals surface area contributed by atoms with Gasteiger partial charge in [-0.15, -0.1) is 0 Å².